The van der Waals surface area contributed by atoms with Gasteiger partial charge in [0.2, 0.25) is 5.91 Å². The van der Waals surface area contributed by atoms with Crippen LogP contribution in [0.5, 0.6) is 5.75 Å². The summed E-state index contributed by atoms with van der Waals surface area (Å²) in [5.41, 5.74) is 0.754. The molecule has 0 aromatic heterocycles. The van der Waals surface area contributed by atoms with E-state index >= 15 is 0 Å². The largest absolute Gasteiger partial charge is 0.484 e. The van der Waals surface area contributed by atoms with Crippen molar-refractivity contribution in [3.05, 3.63) is 24.3 Å². The van der Waals surface area contributed by atoms with E-state index in [1.54, 1.807) is 23.1 Å². The number of nitrogens with zero attached hydrogens (tertiary/aromatic N) is 2. The van der Waals surface area contributed by atoms with Crippen molar-refractivity contribution in [2.24, 2.45) is 0 Å². The summed E-state index contributed by atoms with van der Waals surface area (Å²) in [4.78, 5) is 38.1. The van der Waals surface area contributed by atoms with Crippen molar-refractivity contribution in [1.82, 2.24) is 4.90 Å². The molecule has 0 saturated carbocycles. The molecule has 8 heteroatoms. The minimum absolute atomic E-state index is 0.0137. The first kappa shape index (κ1) is 17.2. The molecule has 2 saturated heterocycles. The number of morpholine rings is 1. The van der Waals surface area contributed by atoms with Crippen molar-refractivity contribution in [1.29, 1.82) is 0 Å². The maximum absolute atomic E-state index is 12.2. The van der Waals surface area contributed by atoms with Gasteiger partial charge in [0, 0.05) is 31.3 Å². The molecule has 1 N–H and O–H groups in total. The Hall–Kier alpha value is -2.61. The van der Waals surface area contributed by atoms with E-state index in [1.807, 2.05) is 6.07 Å². The predicted molar refractivity (Wildman–Crippen MR) is 87.5 cm³/mol. The summed E-state index contributed by atoms with van der Waals surface area (Å²) in [6.45, 7) is 1.04. The van der Waals surface area contributed by atoms with Gasteiger partial charge in [-0.05, 0) is 18.6 Å². The number of benzene rings is 1. The van der Waals surface area contributed by atoms with Gasteiger partial charge < -0.3 is 24.4 Å². The van der Waals surface area contributed by atoms with E-state index in [0.29, 0.717) is 25.3 Å². The highest BCUT2D eigenvalue weighted by Gasteiger charge is 2.29. The monoisotopic (exact) mass is 348 g/mol. The molecule has 2 aliphatic heterocycles. The zero-order chi connectivity index (χ0) is 17.8. The molecule has 134 valence electrons. The molecule has 2 heterocycles. The summed E-state index contributed by atoms with van der Waals surface area (Å²) in [7, 11) is 0. The number of hydrogen-bond acceptors (Lipinski definition) is 5. The zero-order valence-electron chi connectivity index (χ0n) is 13.7. The minimum Gasteiger partial charge on any atom is -0.484 e. The number of carboxylic acid groups (broad SMARTS) is 1. The molecule has 8 nitrogen and oxygen atoms in total. The second-order valence-electron chi connectivity index (χ2n) is 5.97. The van der Waals surface area contributed by atoms with Crippen LogP contribution in [0.3, 0.4) is 0 Å². The Labute approximate surface area is 144 Å². The van der Waals surface area contributed by atoms with Crippen molar-refractivity contribution in [3.8, 4) is 5.75 Å². The Morgan fingerprint density at radius 1 is 1.32 bits per heavy atom. The molecule has 2 amide bonds. The quantitative estimate of drug-likeness (QED) is 0.833. The van der Waals surface area contributed by atoms with Gasteiger partial charge in [0.15, 0.2) is 12.7 Å². The number of rotatable bonds is 5. The second-order valence-corrected chi connectivity index (χ2v) is 5.97. The van der Waals surface area contributed by atoms with Gasteiger partial charge in [-0.25, -0.2) is 4.79 Å². The lowest BCUT2D eigenvalue weighted by Gasteiger charge is -2.30. The highest BCUT2D eigenvalue weighted by atomic mass is 16.5. The third-order valence-electron chi connectivity index (χ3n) is 4.26. The van der Waals surface area contributed by atoms with Gasteiger partial charge in [-0.2, -0.15) is 0 Å². The molecule has 2 aliphatic rings. The number of carbonyl (C=O) groups is 3. The van der Waals surface area contributed by atoms with Crippen LogP contribution in [-0.4, -0.2) is 66.7 Å². The average molecular weight is 348 g/mol. The third kappa shape index (κ3) is 4.08. The van der Waals surface area contributed by atoms with Crippen LogP contribution in [0.4, 0.5) is 5.69 Å². The summed E-state index contributed by atoms with van der Waals surface area (Å²) in [6.07, 6.45) is 0.386. The Kier molecular flexibility index (Phi) is 5.18. The van der Waals surface area contributed by atoms with E-state index in [2.05, 4.69) is 0 Å². The highest BCUT2D eigenvalue weighted by Crippen LogP contribution is 2.25. The fourth-order valence-corrected chi connectivity index (χ4v) is 2.92. The predicted octanol–water partition coefficient (Wildman–Crippen LogP) is 0.504. The van der Waals surface area contributed by atoms with Crippen LogP contribution in [0, 0.1) is 0 Å². The topological polar surface area (TPSA) is 96.4 Å². The van der Waals surface area contributed by atoms with E-state index in [0.717, 1.165) is 12.1 Å². The zero-order valence-corrected chi connectivity index (χ0v) is 13.7. The lowest BCUT2D eigenvalue weighted by Crippen LogP contribution is -2.49. The summed E-state index contributed by atoms with van der Waals surface area (Å²) in [6, 6.07) is 7.06. The fraction of sp³-hybridized carbons (Fsp3) is 0.471. The number of amides is 2. The maximum atomic E-state index is 12.2. The first-order chi connectivity index (χ1) is 12.0. The van der Waals surface area contributed by atoms with Crippen molar-refractivity contribution in [2.75, 3.05) is 37.7 Å². The fourth-order valence-electron chi connectivity index (χ4n) is 2.92. The Balaban J connectivity index is 1.57. The summed E-state index contributed by atoms with van der Waals surface area (Å²) < 4.78 is 10.6. The number of aliphatic carboxylic acids is 1. The van der Waals surface area contributed by atoms with Crippen molar-refractivity contribution >= 4 is 23.5 Å². The number of carbonyl (C=O) groups excluding carboxylic acids is 2. The number of hydrogen-bond donors (Lipinski definition) is 1. The standard InChI is InChI=1S/C17H20N2O6/c20-15-5-2-6-19(15)12-3-1-4-13(9-12)25-11-16(21)18-7-8-24-14(10-18)17(22)23/h1,3-4,9,14H,2,5-8,10-11H2,(H,22,23)/t14-/m0/s1. The van der Waals surface area contributed by atoms with Crippen LogP contribution >= 0.6 is 0 Å². The molecular weight excluding hydrogens is 328 g/mol. The highest BCUT2D eigenvalue weighted by molar-refractivity contribution is 5.95. The van der Waals surface area contributed by atoms with Gasteiger partial charge in [0.1, 0.15) is 5.75 Å². The molecule has 0 spiro atoms. The number of carboxylic acids is 1. The molecule has 3 rings (SSSR count). The molecule has 0 radical (unpaired) electrons. The van der Waals surface area contributed by atoms with Gasteiger partial charge in [-0.15, -0.1) is 0 Å². The Morgan fingerprint density at radius 3 is 2.88 bits per heavy atom. The lowest BCUT2D eigenvalue weighted by atomic mass is 10.2. The Bertz CT molecular complexity index is 677. The summed E-state index contributed by atoms with van der Waals surface area (Å²) in [5.74, 6) is -0.798. The van der Waals surface area contributed by atoms with Crippen LogP contribution in [0.25, 0.3) is 0 Å². The molecule has 1 aromatic rings. The normalized spacial score (nSPS) is 20.6. The molecule has 1 aromatic carbocycles. The maximum Gasteiger partial charge on any atom is 0.334 e. The SMILES string of the molecule is O=C(O)[C@@H]1CN(C(=O)COc2cccc(N3CCCC3=O)c2)CCO1. The molecule has 1 atom stereocenters. The Morgan fingerprint density at radius 2 is 2.16 bits per heavy atom. The number of ether oxygens (including phenoxy) is 2. The first-order valence-corrected chi connectivity index (χ1v) is 8.20. The van der Waals surface area contributed by atoms with Crippen molar-refractivity contribution in [3.63, 3.8) is 0 Å². The molecule has 0 unspecified atom stereocenters. The van der Waals surface area contributed by atoms with Crippen molar-refractivity contribution in [2.45, 2.75) is 18.9 Å². The second kappa shape index (κ2) is 7.52. The van der Waals surface area contributed by atoms with E-state index in [9.17, 15) is 14.4 Å². The van der Waals surface area contributed by atoms with E-state index in [-0.39, 0.29) is 31.6 Å². The van der Waals surface area contributed by atoms with Crippen LogP contribution in [0.1, 0.15) is 12.8 Å². The first-order valence-electron chi connectivity index (χ1n) is 8.20. The third-order valence-corrected chi connectivity index (χ3v) is 4.26. The van der Waals surface area contributed by atoms with E-state index in [4.69, 9.17) is 14.6 Å². The molecule has 25 heavy (non-hydrogen) atoms. The van der Waals surface area contributed by atoms with Crippen LogP contribution in [0.2, 0.25) is 0 Å². The van der Waals surface area contributed by atoms with E-state index in [1.165, 1.54) is 4.90 Å². The van der Waals surface area contributed by atoms with Gasteiger partial charge in [0.05, 0.1) is 13.2 Å². The van der Waals surface area contributed by atoms with Gasteiger partial charge in [-0.3, -0.25) is 9.59 Å². The molecular formula is C17H20N2O6. The summed E-state index contributed by atoms with van der Waals surface area (Å²) >= 11 is 0. The lowest BCUT2D eigenvalue weighted by molar-refractivity contribution is -0.159. The molecule has 0 bridgehead atoms. The minimum atomic E-state index is -1.08. The smallest absolute Gasteiger partial charge is 0.334 e. The summed E-state index contributed by atoms with van der Waals surface area (Å²) in [5, 5.41) is 8.98. The van der Waals surface area contributed by atoms with E-state index < -0.39 is 12.1 Å². The average Bonchev–Trinajstić information content (AvgIpc) is 3.06. The van der Waals surface area contributed by atoms with Crippen LogP contribution < -0.4 is 9.64 Å². The van der Waals surface area contributed by atoms with Crippen molar-refractivity contribution < 1.29 is 29.0 Å². The van der Waals surface area contributed by atoms with Crippen LogP contribution in [-0.2, 0) is 19.1 Å². The molecule has 0 aliphatic carbocycles. The van der Waals surface area contributed by atoms with Gasteiger partial charge >= 0.3 is 5.97 Å². The molecule has 2 fully saturated rings. The van der Waals surface area contributed by atoms with Gasteiger partial charge in [0.25, 0.3) is 5.91 Å². The van der Waals surface area contributed by atoms with Crippen LogP contribution in [0.15, 0.2) is 24.3 Å². The van der Waals surface area contributed by atoms with Gasteiger partial charge in [-0.1, -0.05) is 6.07 Å². The number of anilines is 1.